The number of rotatable bonds is 0. The van der Waals surface area contributed by atoms with Gasteiger partial charge in [0, 0.05) is 6.04 Å². The molecule has 1 aliphatic rings. The number of nitrogens with two attached hydrogens (primary N) is 1. The van der Waals surface area contributed by atoms with Crippen LogP contribution in [0.5, 0.6) is 0 Å². The lowest BCUT2D eigenvalue weighted by Gasteiger charge is -2.04. The summed E-state index contributed by atoms with van der Waals surface area (Å²) >= 11 is 0. The maximum Gasteiger partial charge on any atom is 0.0691 e. The number of halogens is 1. The van der Waals surface area contributed by atoms with Crippen LogP contribution in [-0.4, -0.2) is 17.3 Å². The van der Waals surface area contributed by atoms with Gasteiger partial charge in [-0.1, -0.05) is 0 Å². The Kier molecular flexibility index (Phi) is 3.60. The highest BCUT2D eigenvalue weighted by Gasteiger charge is 2.20. The van der Waals surface area contributed by atoms with Gasteiger partial charge < -0.3 is 10.8 Å². The van der Waals surface area contributed by atoms with Crippen LogP contribution in [0, 0.1) is 0 Å². The first kappa shape index (κ1) is 8.40. The van der Waals surface area contributed by atoms with E-state index < -0.39 is 0 Å². The molecule has 1 aliphatic carbocycles. The molecule has 0 aliphatic heterocycles. The van der Waals surface area contributed by atoms with Gasteiger partial charge in [-0.05, 0) is 19.3 Å². The summed E-state index contributed by atoms with van der Waals surface area (Å²) in [7, 11) is 0. The molecule has 0 unspecified atom stereocenters. The predicted molar refractivity (Wildman–Crippen MR) is 38.2 cm³/mol. The molecule has 3 N–H and O–H groups in total. The Balaban J connectivity index is 0.000000490. The molecule has 1 saturated carbocycles. The minimum atomic E-state index is -0.208. The second-order valence-corrected chi connectivity index (χ2v) is 2.16. The van der Waals surface area contributed by atoms with Gasteiger partial charge in [0.1, 0.15) is 0 Å². The fourth-order valence-electron chi connectivity index (χ4n) is 0.969. The Bertz CT molecular complexity index is 61.4. The van der Waals surface area contributed by atoms with Crippen molar-refractivity contribution in [2.24, 2.45) is 5.73 Å². The molecule has 0 aromatic heterocycles. The first-order valence-electron chi connectivity index (χ1n) is 2.74. The van der Waals surface area contributed by atoms with Gasteiger partial charge in [-0.25, -0.2) is 0 Å². The van der Waals surface area contributed by atoms with Crippen LogP contribution in [-0.2, 0) is 0 Å². The third-order valence-electron chi connectivity index (χ3n) is 1.53. The van der Waals surface area contributed by atoms with E-state index in [-0.39, 0.29) is 29.1 Å². The minimum absolute atomic E-state index is 0. The molecule has 8 heavy (non-hydrogen) atoms. The minimum Gasteiger partial charge on any atom is -0.392 e. The fraction of sp³-hybridized carbons (Fsp3) is 1.00. The molecule has 2 atom stereocenters. The standard InChI is InChI=1S/C5H11NO.BrH/c6-4-2-1-3-5(4)7;/h4-5,7H,1-3,6H2;1H/t4-,5+;/m1./s1. The molecule has 3 heteroatoms. The van der Waals surface area contributed by atoms with Crippen molar-refractivity contribution in [3.8, 4) is 0 Å². The highest BCUT2D eigenvalue weighted by Crippen LogP contribution is 2.15. The summed E-state index contributed by atoms with van der Waals surface area (Å²) in [6.45, 7) is 0. The maximum atomic E-state index is 8.87. The maximum absolute atomic E-state index is 8.87. The number of hydrogen-bond donors (Lipinski definition) is 2. The van der Waals surface area contributed by atoms with Crippen LogP contribution in [0.1, 0.15) is 19.3 Å². The lowest BCUT2D eigenvalue weighted by Crippen LogP contribution is -2.28. The average Bonchev–Trinajstić information content (AvgIpc) is 1.91. The van der Waals surface area contributed by atoms with Gasteiger partial charge in [-0.2, -0.15) is 0 Å². The second kappa shape index (κ2) is 3.43. The van der Waals surface area contributed by atoms with E-state index in [4.69, 9.17) is 10.8 Å². The first-order chi connectivity index (χ1) is 3.30. The topological polar surface area (TPSA) is 46.2 Å². The summed E-state index contributed by atoms with van der Waals surface area (Å²) in [5.41, 5.74) is 5.43. The van der Waals surface area contributed by atoms with Crippen molar-refractivity contribution in [2.75, 3.05) is 0 Å². The Morgan fingerprint density at radius 3 is 2.12 bits per heavy atom. The van der Waals surface area contributed by atoms with Crippen LogP contribution in [0.25, 0.3) is 0 Å². The second-order valence-electron chi connectivity index (χ2n) is 2.16. The SMILES string of the molecule is Br.N[C@@H]1CCC[C@@H]1O. The molecule has 0 radical (unpaired) electrons. The van der Waals surface area contributed by atoms with Crippen LogP contribution in [0.3, 0.4) is 0 Å². The van der Waals surface area contributed by atoms with Crippen molar-refractivity contribution in [2.45, 2.75) is 31.4 Å². The predicted octanol–water partition coefficient (Wildman–Crippen LogP) is 0.436. The van der Waals surface area contributed by atoms with Gasteiger partial charge >= 0.3 is 0 Å². The van der Waals surface area contributed by atoms with Gasteiger partial charge in [0.05, 0.1) is 6.10 Å². The summed E-state index contributed by atoms with van der Waals surface area (Å²) in [4.78, 5) is 0. The zero-order chi connectivity index (χ0) is 5.28. The van der Waals surface area contributed by atoms with E-state index in [1.165, 1.54) is 0 Å². The van der Waals surface area contributed by atoms with Crippen molar-refractivity contribution < 1.29 is 5.11 Å². The molecular formula is C5H12BrNO. The van der Waals surface area contributed by atoms with Crippen molar-refractivity contribution in [1.82, 2.24) is 0 Å². The van der Waals surface area contributed by atoms with Crippen molar-refractivity contribution in [3.63, 3.8) is 0 Å². The van der Waals surface area contributed by atoms with E-state index in [0.717, 1.165) is 19.3 Å². The Morgan fingerprint density at radius 1 is 1.38 bits per heavy atom. The molecule has 2 nitrogen and oxygen atoms in total. The molecule has 0 spiro atoms. The van der Waals surface area contributed by atoms with Gasteiger partial charge in [0.15, 0.2) is 0 Å². The highest BCUT2D eigenvalue weighted by atomic mass is 79.9. The average molecular weight is 182 g/mol. The third kappa shape index (κ3) is 1.73. The monoisotopic (exact) mass is 181 g/mol. The van der Waals surface area contributed by atoms with E-state index >= 15 is 0 Å². The summed E-state index contributed by atoms with van der Waals surface area (Å²) in [5.74, 6) is 0. The number of aliphatic hydroxyl groups excluding tert-OH is 1. The van der Waals surface area contributed by atoms with Gasteiger partial charge in [0.2, 0.25) is 0 Å². The molecule has 0 heterocycles. The molecule has 50 valence electrons. The molecule has 1 rings (SSSR count). The highest BCUT2D eigenvalue weighted by molar-refractivity contribution is 8.93. The smallest absolute Gasteiger partial charge is 0.0691 e. The van der Waals surface area contributed by atoms with Crippen molar-refractivity contribution in [3.05, 3.63) is 0 Å². The van der Waals surface area contributed by atoms with Crippen LogP contribution in [0.15, 0.2) is 0 Å². The van der Waals surface area contributed by atoms with E-state index in [2.05, 4.69) is 0 Å². The summed E-state index contributed by atoms with van der Waals surface area (Å²) in [5, 5.41) is 8.87. The third-order valence-corrected chi connectivity index (χ3v) is 1.53. The van der Waals surface area contributed by atoms with Crippen LogP contribution < -0.4 is 5.73 Å². The molecule has 0 bridgehead atoms. The molecule has 0 aromatic carbocycles. The van der Waals surface area contributed by atoms with Crippen molar-refractivity contribution in [1.29, 1.82) is 0 Å². The zero-order valence-electron chi connectivity index (χ0n) is 4.71. The van der Waals surface area contributed by atoms with Gasteiger partial charge in [0.25, 0.3) is 0 Å². The number of hydrogen-bond acceptors (Lipinski definition) is 2. The molecule has 0 amide bonds. The van der Waals surface area contributed by atoms with Gasteiger partial charge in [-0.15, -0.1) is 17.0 Å². The Hall–Kier alpha value is 0.400. The van der Waals surface area contributed by atoms with Gasteiger partial charge in [-0.3, -0.25) is 0 Å². The van der Waals surface area contributed by atoms with Crippen LogP contribution in [0.4, 0.5) is 0 Å². The zero-order valence-corrected chi connectivity index (χ0v) is 6.42. The Morgan fingerprint density at radius 2 is 2.00 bits per heavy atom. The summed E-state index contributed by atoms with van der Waals surface area (Å²) < 4.78 is 0. The molecule has 1 fully saturated rings. The van der Waals surface area contributed by atoms with E-state index in [1.54, 1.807) is 0 Å². The van der Waals surface area contributed by atoms with E-state index in [0.29, 0.717) is 0 Å². The first-order valence-corrected chi connectivity index (χ1v) is 2.74. The van der Waals surface area contributed by atoms with Crippen LogP contribution in [0.2, 0.25) is 0 Å². The summed E-state index contributed by atoms with van der Waals surface area (Å²) in [6.07, 6.45) is 2.80. The lowest BCUT2D eigenvalue weighted by molar-refractivity contribution is 0.165. The lowest BCUT2D eigenvalue weighted by atomic mass is 10.2. The normalized spacial score (nSPS) is 36.8. The summed E-state index contributed by atoms with van der Waals surface area (Å²) in [6, 6.07) is 0.0694. The van der Waals surface area contributed by atoms with Crippen LogP contribution >= 0.6 is 17.0 Å². The number of aliphatic hydroxyl groups is 1. The molecular weight excluding hydrogens is 170 g/mol. The van der Waals surface area contributed by atoms with E-state index in [9.17, 15) is 0 Å². The van der Waals surface area contributed by atoms with Crippen molar-refractivity contribution >= 4 is 17.0 Å². The molecule has 0 aromatic rings. The quantitative estimate of drug-likeness (QED) is 0.570. The van der Waals surface area contributed by atoms with E-state index in [1.807, 2.05) is 0 Å². The largest absolute Gasteiger partial charge is 0.392 e. The molecule has 0 saturated heterocycles. The Labute approximate surface area is 59.8 Å². The fourth-order valence-corrected chi connectivity index (χ4v) is 0.969.